The molecule has 56 valence electrons. The molecule has 0 fully saturated rings. The van der Waals surface area contributed by atoms with E-state index < -0.39 is 0 Å². The Bertz CT molecular complexity index is 63.9. The fourth-order valence-electron chi connectivity index (χ4n) is 0.659. The van der Waals surface area contributed by atoms with Crippen LogP contribution in [0.1, 0.15) is 33.1 Å². The highest BCUT2D eigenvalue weighted by molar-refractivity contribution is 4.59. The number of nitrogens with two attached hydrogens (primary N) is 1. The fraction of sp³-hybridized carbons (Fsp3) is 1.00. The Hall–Kier alpha value is -0.0800. The predicted molar refractivity (Wildman–Crippen MR) is 39.2 cm³/mol. The van der Waals surface area contributed by atoms with Gasteiger partial charge < -0.3 is 10.8 Å². The topological polar surface area (TPSA) is 46.2 Å². The van der Waals surface area contributed by atoms with E-state index in [0.717, 1.165) is 19.3 Å². The Morgan fingerprint density at radius 1 is 1.44 bits per heavy atom. The average Bonchev–Trinajstić information content (AvgIpc) is 1.83. The summed E-state index contributed by atoms with van der Waals surface area (Å²) < 4.78 is 0. The minimum atomic E-state index is -0.192. The van der Waals surface area contributed by atoms with Crippen LogP contribution >= 0.6 is 0 Å². The Morgan fingerprint density at radius 3 is 2.33 bits per heavy atom. The van der Waals surface area contributed by atoms with E-state index in [-0.39, 0.29) is 12.1 Å². The lowest BCUT2D eigenvalue weighted by molar-refractivity contribution is 0.178. The molecule has 2 unspecified atom stereocenters. The summed E-state index contributed by atoms with van der Waals surface area (Å²) in [5.41, 5.74) is 5.61. The number of hydrogen-bond donors (Lipinski definition) is 2. The summed E-state index contributed by atoms with van der Waals surface area (Å²) in [6, 6.07) is 0.277. The molecule has 0 aromatic heterocycles. The normalized spacial score (nSPS) is 17.3. The number of hydrogen-bond acceptors (Lipinski definition) is 2. The van der Waals surface area contributed by atoms with E-state index in [0.29, 0.717) is 0 Å². The van der Waals surface area contributed by atoms with E-state index >= 15 is 0 Å². The molecule has 9 heavy (non-hydrogen) atoms. The molecular weight excluding hydrogens is 114 g/mol. The first-order valence-corrected chi connectivity index (χ1v) is 3.60. The Balaban J connectivity index is 3.06. The zero-order chi connectivity index (χ0) is 7.28. The van der Waals surface area contributed by atoms with Gasteiger partial charge in [-0.15, -0.1) is 0 Å². The average molecular weight is 131 g/mol. The monoisotopic (exact) mass is 131 g/mol. The highest BCUT2D eigenvalue weighted by Gasteiger charge is 2.00. The van der Waals surface area contributed by atoms with E-state index in [1.54, 1.807) is 6.92 Å². The lowest BCUT2D eigenvalue weighted by Crippen LogP contribution is -2.20. The van der Waals surface area contributed by atoms with Crippen molar-refractivity contribution < 1.29 is 5.11 Å². The quantitative estimate of drug-likeness (QED) is 0.595. The summed E-state index contributed by atoms with van der Waals surface area (Å²) in [7, 11) is 0. The number of aliphatic hydroxyl groups is 1. The summed E-state index contributed by atoms with van der Waals surface area (Å²) in [6.07, 6.45) is 2.58. The van der Waals surface area contributed by atoms with Crippen LogP contribution in [0.2, 0.25) is 0 Å². The molecule has 0 aliphatic heterocycles. The summed E-state index contributed by atoms with van der Waals surface area (Å²) in [6.45, 7) is 3.86. The molecule has 0 radical (unpaired) electrons. The van der Waals surface area contributed by atoms with Gasteiger partial charge in [-0.2, -0.15) is 0 Å². The van der Waals surface area contributed by atoms with Gasteiger partial charge in [-0.05, 0) is 26.2 Å². The summed E-state index contributed by atoms with van der Waals surface area (Å²) in [5, 5.41) is 8.84. The van der Waals surface area contributed by atoms with Gasteiger partial charge in [0.1, 0.15) is 0 Å². The van der Waals surface area contributed by atoms with Crippen LogP contribution in [-0.2, 0) is 0 Å². The molecule has 0 rings (SSSR count). The van der Waals surface area contributed by atoms with Gasteiger partial charge in [0.15, 0.2) is 0 Å². The molecular formula is C7H17NO. The zero-order valence-electron chi connectivity index (χ0n) is 6.30. The molecule has 0 aliphatic carbocycles. The minimum absolute atomic E-state index is 0.192. The van der Waals surface area contributed by atoms with Crippen molar-refractivity contribution in [1.29, 1.82) is 0 Å². The maximum absolute atomic E-state index is 8.84. The van der Waals surface area contributed by atoms with Gasteiger partial charge in [-0.3, -0.25) is 0 Å². The number of rotatable bonds is 4. The van der Waals surface area contributed by atoms with Crippen molar-refractivity contribution in [3.63, 3.8) is 0 Å². The highest BCUT2D eigenvalue weighted by atomic mass is 16.3. The van der Waals surface area contributed by atoms with Crippen molar-refractivity contribution >= 4 is 0 Å². The predicted octanol–water partition coefficient (Wildman–Crippen LogP) is 0.885. The van der Waals surface area contributed by atoms with Crippen LogP contribution in [-0.4, -0.2) is 17.3 Å². The van der Waals surface area contributed by atoms with Gasteiger partial charge in [0, 0.05) is 6.04 Å². The van der Waals surface area contributed by atoms with Gasteiger partial charge in [0.2, 0.25) is 0 Å². The lowest BCUT2D eigenvalue weighted by Gasteiger charge is -2.08. The molecule has 0 spiro atoms. The van der Waals surface area contributed by atoms with E-state index in [1.165, 1.54) is 0 Å². The molecule has 3 N–H and O–H groups in total. The van der Waals surface area contributed by atoms with E-state index in [1.807, 2.05) is 0 Å². The fourth-order valence-corrected chi connectivity index (χ4v) is 0.659. The molecule has 0 aromatic carbocycles. The molecule has 2 atom stereocenters. The zero-order valence-corrected chi connectivity index (χ0v) is 6.30. The Morgan fingerprint density at radius 2 is 2.00 bits per heavy atom. The molecule has 2 nitrogen and oxygen atoms in total. The summed E-state index contributed by atoms with van der Waals surface area (Å²) >= 11 is 0. The third-order valence-corrected chi connectivity index (χ3v) is 1.48. The van der Waals surface area contributed by atoms with Crippen LogP contribution in [0.3, 0.4) is 0 Å². The third kappa shape index (κ3) is 5.80. The molecule has 2 heteroatoms. The lowest BCUT2D eigenvalue weighted by atomic mass is 10.1. The van der Waals surface area contributed by atoms with E-state index in [9.17, 15) is 0 Å². The van der Waals surface area contributed by atoms with Crippen LogP contribution in [0.4, 0.5) is 0 Å². The first-order chi connectivity index (χ1) is 4.16. The van der Waals surface area contributed by atoms with E-state index in [4.69, 9.17) is 10.8 Å². The van der Waals surface area contributed by atoms with Crippen LogP contribution in [0.25, 0.3) is 0 Å². The van der Waals surface area contributed by atoms with Gasteiger partial charge in [0.05, 0.1) is 6.10 Å². The van der Waals surface area contributed by atoms with Crippen LogP contribution in [0.15, 0.2) is 0 Å². The van der Waals surface area contributed by atoms with Crippen molar-refractivity contribution in [2.45, 2.75) is 45.3 Å². The Labute approximate surface area is 57.1 Å². The van der Waals surface area contributed by atoms with Crippen molar-refractivity contribution in [3.8, 4) is 0 Å². The smallest absolute Gasteiger partial charge is 0.0512 e. The maximum Gasteiger partial charge on any atom is 0.0512 e. The van der Waals surface area contributed by atoms with Crippen molar-refractivity contribution in [2.24, 2.45) is 5.73 Å². The Kier molecular flexibility index (Phi) is 4.72. The summed E-state index contributed by atoms with van der Waals surface area (Å²) in [4.78, 5) is 0. The van der Waals surface area contributed by atoms with Crippen LogP contribution < -0.4 is 5.73 Å². The van der Waals surface area contributed by atoms with Crippen molar-refractivity contribution in [1.82, 2.24) is 0 Å². The van der Waals surface area contributed by atoms with Crippen molar-refractivity contribution in [2.75, 3.05) is 0 Å². The maximum atomic E-state index is 8.84. The highest BCUT2D eigenvalue weighted by Crippen LogP contribution is 2.00. The van der Waals surface area contributed by atoms with Gasteiger partial charge in [-0.25, -0.2) is 0 Å². The standard InChI is InChI=1S/C7H17NO/c1-3-7(8)5-4-6(2)9/h6-7,9H,3-5,8H2,1-2H3. The summed E-state index contributed by atoms with van der Waals surface area (Å²) in [5.74, 6) is 0. The molecule has 0 saturated carbocycles. The molecule has 0 saturated heterocycles. The number of aliphatic hydroxyl groups excluding tert-OH is 1. The van der Waals surface area contributed by atoms with E-state index in [2.05, 4.69) is 6.92 Å². The molecule has 0 aliphatic rings. The molecule has 0 heterocycles. The second-order valence-electron chi connectivity index (χ2n) is 2.59. The molecule has 0 bridgehead atoms. The second-order valence-corrected chi connectivity index (χ2v) is 2.59. The van der Waals surface area contributed by atoms with Gasteiger partial charge in [-0.1, -0.05) is 6.92 Å². The largest absolute Gasteiger partial charge is 0.393 e. The van der Waals surface area contributed by atoms with Gasteiger partial charge in [0.25, 0.3) is 0 Å². The van der Waals surface area contributed by atoms with Gasteiger partial charge >= 0.3 is 0 Å². The SMILES string of the molecule is CCC(N)CCC(C)O. The van der Waals surface area contributed by atoms with Crippen LogP contribution in [0.5, 0.6) is 0 Å². The minimum Gasteiger partial charge on any atom is -0.393 e. The molecule has 0 amide bonds. The second kappa shape index (κ2) is 4.77. The van der Waals surface area contributed by atoms with Crippen molar-refractivity contribution in [3.05, 3.63) is 0 Å². The molecule has 0 aromatic rings. The first kappa shape index (κ1) is 8.92. The first-order valence-electron chi connectivity index (χ1n) is 3.60. The third-order valence-electron chi connectivity index (χ3n) is 1.48. The van der Waals surface area contributed by atoms with Crippen LogP contribution in [0, 0.1) is 0 Å².